The van der Waals surface area contributed by atoms with Crippen LogP contribution in [0.15, 0.2) is 42.5 Å². The van der Waals surface area contributed by atoms with Crippen LogP contribution in [-0.2, 0) is 28.0 Å². The summed E-state index contributed by atoms with van der Waals surface area (Å²) in [5, 5.41) is 3.93. The van der Waals surface area contributed by atoms with E-state index in [1.807, 2.05) is 26.8 Å². The Labute approximate surface area is 215 Å². The number of nitrogens with zero attached hydrogens (tertiary/aromatic N) is 1. The fraction of sp³-hybridized carbons (Fsp3) is 0.500. The van der Waals surface area contributed by atoms with Gasteiger partial charge in [-0.3, -0.25) is 9.59 Å². The lowest BCUT2D eigenvalue weighted by atomic mass is 9.86. The predicted molar refractivity (Wildman–Crippen MR) is 142 cm³/mol. The number of nitrogens with one attached hydrogen (secondary N) is 1. The summed E-state index contributed by atoms with van der Waals surface area (Å²) in [5.74, 6) is -0.183. The number of rotatable bonds is 10. The summed E-state index contributed by atoms with van der Waals surface area (Å²) < 4.78 is 0. The van der Waals surface area contributed by atoms with E-state index < -0.39 is 6.04 Å². The van der Waals surface area contributed by atoms with Crippen LogP contribution < -0.4 is 5.32 Å². The van der Waals surface area contributed by atoms with Crippen LogP contribution in [0.5, 0.6) is 0 Å². The highest BCUT2D eigenvalue weighted by Crippen LogP contribution is 2.25. The maximum Gasteiger partial charge on any atom is 0.243 e. The zero-order chi connectivity index (χ0) is 25.5. The van der Waals surface area contributed by atoms with Crippen LogP contribution in [0.1, 0.15) is 77.5 Å². The average molecular weight is 506 g/mol. The van der Waals surface area contributed by atoms with E-state index in [9.17, 15) is 9.59 Å². The highest BCUT2D eigenvalue weighted by atomic mass is 35.5. The fourth-order valence-corrected chi connectivity index (χ4v) is 4.08. The van der Waals surface area contributed by atoms with Crippen LogP contribution in [-0.4, -0.2) is 28.8 Å². The van der Waals surface area contributed by atoms with Crippen LogP contribution in [0, 0.1) is 0 Å². The highest BCUT2D eigenvalue weighted by Gasteiger charge is 2.29. The number of carbonyl (C=O) groups is 2. The molecule has 0 saturated carbocycles. The number of carbonyl (C=O) groups excluding carboxylic acids is 2. The Morgan fingerprint density at radius 3 is 2.09 bits per heavy atom. The lowest BCUT2D eigenvalue weighted by Gasteiger charge is -2.31. The lowest BCUT2D eigenvalue weighted by molar-refractivity contribution is -0.141. The highest BCUT2D eigenvalue weighted by molar-refractivity contribution is 6.42. The molecule has 4 nitrogen and oxygen atoms in total. The number of benzene rings is 2. The van der Waals surface area contributed by atoms with Gasteiger partial charge in [0.2, 0.25) is 11.8 Å². The molecular weight excluding hydrogens is 467 g/mol. The van der Waals surface area contributed by atoms with Gasteiger partial charge in [0.05, 0.1) is 10.0 Å². The van der Waals surface area contributed by atoms with Crippen molar-refractivity contribution < 1.29 is 9.59 Å². The second-order valence-corrected chi connectivity index (χ2v) is 10.8. The summed E-state index contributed by atoms with van der Waals surface area (Å²) in [7, 11) is 0. The molecule has 1 N–H and O–H groups in total. The summed E-state index contributed by atoms with van der Waals surface area (Å²) in [6.07, 6.45) is 2.29. The molecule has 0 bridgehead atoms. The number of amides is 2. The van der Waals surface area contributed by atoms with Crippen molar-refractivity contribution in [3.63, 3.8) is 0 Å². The number of hydrogen-bond donors (Lipinski definition) is 1. The van der Waals surface area contributed by atoms with Crippen LogP contribution >= 0.6 is 23.2 Å². The van der Waals surface area contributed by atoms with Gasteiger partial charge >= 0.3 is 0 Å². The molecule has 0 aromatic heterocycles. The van der Waals surface area contributed by atoms with Gasteiger partial charge < -0.3 is 10.2 Å². The summed E-state index contributed by atoms with van der Waals surface area (Å²) in [6, 6.07) is 13.2. The predicted octanol–water partition coefficient (Wildman–Crippen LogP) is 6.95. The zero-order valence-corrected chi connectivity index (χ0v) is 22.8. The molecule has 34 heavy (non-hydrogen) atoms. The van der Waals surface area contributed by atoms with Gasteiger partial charge in [0, 0.05) is 19.0 Å². The molecule has 0 heterocycles. The van der Waals surface area contributed by atoms with Crippen molar-refractivity contribution in [2.24, 2.45) is 0 Å². The van der Waals surface area contributed by atoms with E-state index >= 15 is 0 Å². The van der Waals surface area contributed by atoms with Gasteiger partial charge in [0.1, 0.15) is 6.04 Å². The Hall–Kier alpha value is -2.04. The monoisotopic (exact) mass is 504 g/mol. The largest absolute Gasteiger partial charge is 0.352 e. The van der Waals surface area contributed by atoms with Crippen LogP contribution in [0.2, 0.25) is 10.0 Å². The van der Waals surface area contributed by atoms with E-state index in [1.165, 1.54) is 5.56 Å². The van der Waals surface area contributed by atoms with Crippen LogP contribution in [0.3, 0.4) is 0 Å². The third kappa shape index (κ3) is 8.02. The molecule has 0 spiro atoms. The molecule has 186 valence electrons. The average Bonchev–Trinajstić information content (AvgIpc) is 2.79. The Balaban J connectivity index is 2.23. The molecule has 6 heteroatoms. The SMILES string of the molecule is CCC(C)NC(=O)C(CC)N(Cc1ccc(Cl)c(Cl)c1)C(=O)CCc1ccc(C(C)(C)C)cc1. The molecule has 0 aliphatic carbocycles. The lowest BCUT2D eigenvalue weighted by Crippen LogP contribution is -2.50. The fourth-order valence-electron chi connectivity index (χ4n) is 3.76. The van der Waals surface area contributed by atoms with E-state index in [0.717, 1.165) is 17.5 Å². The molecule has 2 amide bonds. The Morgan fingerprint density at radius 1 is 0.941 bits per heavy atom. The van der Waals surface area contributed by atoms with Gasteiger partial charge in [0.15, 0.2) is 0 Å². The van der Waals surface area contributed by atoms with Gasteiger partial charge in [-0.15, -0.1) is 0 Å². The van der Waals surface area contributed by atoms with E-state index in [0.29, 0.717) is 35.9 Å². The first-order valence-electron chi connectivity index (χ1n) is 12.1. The van der Waals surface area contributed by atoms with Gasteiger partial charge in [0.25, 0.3) is 0 Å². The minimum absolute atomic E-state index is 0.0461. The summed E-state index contributed by atoms with van der Waals surface area (Å²) in [5.41, 5.74) is 3.29. The number of halogens is 2. The normalized spacial score (nSPS) is 13.3. The van der Waals surface area contributed by atoms with Crippen LogP contribution in [0.25, 0.3) is 0 Å². The smallest absolute Gasteiger partial charge is 0.243 e. The van der Waals surface area contributed by atoms with Gasteiger partial charge in [-0.1, -0.05) is 88.2 Å². The molecule has 0 fully saturated rings. The first-order valence-corrected chi connectivity index (χ1v) is 12.8. The van der Waals surface area contributed by atoms with Crippen molar-refractivity contribution in [1.29, 1.82) is 0 Å². The van der Waals surface area contributed by atoms with Crippen molar-refractivity contribution in [3.05, 3.63) is 69.2 Å². The van der Waals surface area contributed by atoms with Crippen LogP contribution in [0.4, 0.5) is 0 Å². The molecule has 2 atom stereocenters. The molecule has 2 aromatic carbocycles. The van der Waals surface area contributed by atoms with E-state index in [4.69, 9.17) is 23.2 Å². The molecule has 0 aliphatic rings. The Kier molecular flexibility index (Phi) is 10.5. The summed E-state index contributed by atoms with van der Waals surface area (Å²) in [4.78, 5) is 28.2. The topological polar surface area (TPSA) is 49.4 Å². The van der Waals surface area contributed by atoms with Crippen molar-refractivity contribution >= 4 is 35.0 Å². The molecule has 2 aromatic rings. The molecule has 2 rings (SSSR count). The van der Waals surface area contributed by atoms with E-state index in [-0.39, 0.29) is 23.3 Å². The first kappa shape index (κ1) is 28.2. The summed E-state index contributed by atoms with van der Waals surface area (Å²) >= 11 is 12.3. The summed E-state index contributed by atoms with van der Waals surface area (Å²) in [6.45, 7) is 12.8. The number of hydrogen-bond acceptors (Lipinski definition) is 2. The Bertz CT molecular complexity index is 967. The third-order valence-corrected chi connectivity index (χ3v) is 6.91. The standard InChI is InChI=1S/C28H38Cl2N2O2/c1-7-19(3)31-27(34)25(8-2)32(18-21-11-15-23(29)24(30)17-21)26(33)16-12-20-9-13-22(14-10-20)28(4,5)6/h9-11,13-15,17,19,25H,7-8,12,16,18H2,1-6H3,(H,31,34). The van der Waals surface area contributed by atoms with Gasteiger partial charge in [-0.25, -0.2) is 0 Å². The third-order valence-electron chi connectivity index (χ3n) is 6.17. The molecular formula is C28H38Cl2N2O2. The Morgan fingerprint density at radius 2 is 1.56 bits per heavy atom. The van der Waals surface area contributed by atoms with Crippen molar-refractivity contribution in [2.75, 3.05) is 0 Å². The minimum atomic E-state index is -0.556. The molecule has 0 aliphatic heterocycles. The van der Waals surface area contributed by atoms with E-state index in [2.05, 4.69) is 50.4 Å². The van der Waals surface area contributed by atoms with E-state index in [1.54, 1.807) is 17.0 Å². The van der Waals surface area contributed by atoms with Crippen molar-refractivity contribution in [2.45, 2.75) is 91.3 Å². The minimum Gasteiger partial charge on any atom is -0.352 e. The second kappa shape index (κ2) is 12.6. The molecule has 0 radical (unpaired) electrons. The quantitative estimate of drug-likeness (QED) is 0.380. The second-order valence-electron chi connectivity index (χ2n) is 9.96. The first-order chi connectivity index (χ1) is 16.0. The van der Waals surface area contributed by atoms with Gasteiger partial charge in [-0.2, -0.15) is 0 Å². The zero-order valence-electron chi connectivity index (χ0n) is 21.3. The molecule has 2 unspecified atom stereocenters. The number of aryl methyl sites for hydroxylation is 1. The maximum atomic E-state index is 13.4. The van der Waals surface area contributed by atoms with Crippen molar-refractivity contribution in [1.82, 2.24) is 10.2 Å². The maximum absolute atomic E-state index is 13.4. The van der Waals surface area contributed by atoms with Gasteiger partial charge in [-0.05, 0) is 60.4 Å². The molecule has 0 saturated heterocycles. The van der Waals surface area contributed by atoms with Crippen molar-refractivity contribution in [3.8, 4) is 0 Å².